The standard InChI is InChI=1S/C16H30O4/c1-2-3-4-5-6-7-8-9-10-11-12-16(19)20-14-15(18)13-17/h4-5,15,17-18H,2-3,6-14H2,1H3/b5-4-/t15-/m0/s1. The molecule has 0 fully saturated rings. The third kappa shape index (κ3) is 13.6. The second-order valence-corrected chi connectivity index (χ2v) is 5.09. The molecular weight excluding hydrogens is 256 g/mol. The zero-order valence-electron chi connectivity index (χ0n) is 12.7. The fourth-order valence-corrected chi connectivity index (χ4v) is 1.78. The Morgan fingerprint density at radius 2 is 1.75 bits per heavy atom. The summed E-state index contributed by atoms with van der Waals surface area (Å²) in [6.45, 7) is 1.69. The van der Waals surface area contributed by atoms with Gasteiger partial charge in [-0.25, -0.2) is 0 Å². The Kier molecular flexibility index (Phi) is 13.9. The molecule has 4 nitrogen and oxygen atoms in total. The van der Waals surface area contributed by atoms with Gasteiger partial charge in [0, 0.05) is 6.42 Å². The van der Waals surface area contributed by atoms with E-state index < -0.39 is 6.10 Å². The summed E-state index contributed by atoms with van der Waals surface area (Å²) in [4.78, 5) is 11.3. The van der Waals surface area contributed by atoms with Crippen LogP contribution in [0.5, 0.6) is 0 Å². The molecule has 118 valence electrons. The van der Waals surface area contributed by atoms with Gasteiger partial charge in [0.25, 0.3) is 0 Å². The van der Waals surface area contributed by atoms with Gasteiger partial charge in [-0.05, 0) is 25.7 Å². The summed E-state index contributed by atoms with van der Waals surface area (Å²) in [5, 5.41) is 17.6. The number of aliphatic hydroxyl groups is 2. The second-order valence-electron chi connectivity index (χ2n) is 5.09. The Balaban J connectivity index is 3.25. The Morgan fingerprint density at radius 3 is 2.45 bits per heavy atom. The number of unbranched alkanes of at least 4 members (excludes halogenated alkanes) is 6. The predicted molar refractivity (Wildman–Crippen MR) is 80.4 cm³/mol. The number of allylic oxidation sites excluding steroid dienone is 2. The molecular formula is C16H30O4. The summed E-state index contributed by atoms with van der Waals surface area (Å²) >= 11 is 0. The molecule has 0 rings (SSSR count). The molecule has 0 aromatic rings. The Hall–Kier alpha value is -0.870. The van der Waals surface area contributed by atoms with Crippen LogP contribution < -0.4 is 0 Å². The fraction of sp³-hybridized carbons (Fsp3) is 0.812. The van der Waals surface area contributed by atoms with Gasteiger partial charge in [-0.2, -0.15) is 0 Å². The van der Waals surface area contributed by atoms with Crippen molar-refractivity contribution in [1.29, 1.82) is 0 Å². The molecule has 1 atom stereocenters. The maximum Gasteiger partial charge on any atom is 0.305 e. The summed E-state index contributed by atoms with van der Waals surface area (Å²) in [7, 11) is 0. The van der Waals surface area contributed by atoms with Crippen LogP contribution in [0.4, 0.5) is 0 Å². The first kappa shape index (κ1) is 19.1. The normalized spacial score (nSPS) is 12.8. The van der Waals surface area contributed by atoms with Crippen molar-refractivity contribution in [1.82, 2.24) is 0 Å². The Bertz CT molecular complexity index is 251. The lowest BCUT2D eigenvalue weighted by molar-refractivity contribution is -0.147. The van der Waals surface area contributed by atoms with Crippen molar-refractivity contribution in [3.05, 3.63) is 12.2 Å². The zero-order chi connectivity index (χ0) is 15.1. The molecule has 4 heteroatoms. The van der Waals surface area contributed by atoms with E-state index in [1.807, 2.05) is 0 Å². The Labute approximate surface area is 122 Å². The molecule has 0 amide bonds. The summed E-state index contributed by atoms with van der Waals surface area (Å²) in [5.74, 6) is -0.292. The van der Waals surface area contributed by atoms with Gasteiger partial charge in [0.15, 0.2) is 0 Å². The molecule has 0 saturated heterocycles. The molecule has 0 heterocycles. The lowest BCUT2D eigenvalue weighted by Gasteiger charge is -2.08. The second kappa shape index (κ2) is 14.5. The van der Waals surface area contributed by atoms with Crippen molar-refractivity contribution in [2.24, 2.45) is 0 Å². The van der Waals surface area contributed by atoms with E-state index in [-0.39, 0.29) is 19.2 Å². The lowest BCUT2D eigenvalue weighted by atomic mass is 10.1. The molecule has 0 aliphatic rings. The number of hydrogen-bond donors (Lipinski definition) is 2. The summed E-state index contributed by atoms with van der Waals surface area (Å²) in [6.07, 6.45) is 12.9. The van der Waals surface area contributed by atoms with Crippen LogP contribution in [0.3, 0.4) is 0 Å². The van der Waals surface area contributed by atoms with Crippen LogP contribution in [-0.2, 0) is 9.53 Å². The van der Waals surface area contributed by atoms with Crippen molar-refractivity contribution in [3.63, 3.8) is 0 Å². The van der Waals surface area contributed by atoms with E-state index in [0.717, 1.165) is 25.7 Å². The van der Waals surface area contributed by atoms with Crippen LogP contribution >= 0.6 is 0 Å². The maximum absolute atomic E-state index is 11.3. The van der Waals surface area contributed by atoms with Gasteiger partial charge < -0.3 is 14.9 Å². The van der Waals surface area contributed by atoms with Gasteiger partial charge in [-0.15, -0.1) is 0 Å². The van der Waals surface area contributed by atoms with Crippen LogP contribution in [0, 0.1) is 0 Å². The van der Waals surface area contributed by atoms with E-state index in [1.165, 1.54) is 25.7 Å². The van der Waals surface area contributed by atoms with E-state index in [1.54, 1.807) is 0 Å². The maximum atomic E-state index is 11.3. The number of rotatable bonds is 13. The van der Waals surface area contributed by atoms with E-state index >= 15 is 0 Å². The number of carbonyl (C=O) groups excluding carboxylic acids is 1. The minimum Gasteiger partial charge on any atom is -0.463 e. The first-order valence-electron chi connectivity index (χ1n) is 7.80. The van der Waals surface area contributed by atoms with Gasteiger partial charge >= 0.3 is 5.97 Å². The van der Waals surface area contributed by atoms with Crippen LogP contribution in [0.1, 0.15) is 64.7 Å². The molecule has 2 N–H and O–H groups in total. The summed E-state index contributed by atoms with van der Waals surface area (Å²) in [5.41, 5.74) is 0. The van der Waals surface area contributed by atoms with Crippen molar-refractivity contribution >= 4 is 5.97 Å². The molecule has 0 radical (unpaired) electrons. The lowest BCUT2D eigenvalue weighted by Crippen LogP contribution is -2.21. The number of carbonyl (C=O) groups is 1. The van der Waals surface area contributed by atoms with E-state index in [9.17, 15) is 4.79 Å². The third-order valence-electron chi connectivity index (χ3n) is 3.02. The molecule has 0 aliphatic carbocycles. The van der Waals surface area contributed by atoms with Crippen molar-refractivity contribution in [2.75, 3.05) is 13.2 Å². The topological polar surface area (TPSA) is 66.8 Å². The summed E-state index contributed by atoms with van der Waals surface area (Å²) in [6, 6.07) is 0. The molecule has 0 aromatic carbocycles. The van der Waals surface area contributed by atoms with Gasteiger partial charge in [-0.1, -0.05) is 44.8 Å². The first-order valence-corrected chi connectivity index (χ1v) is 7.80. The molecule has 0 aliphatic heterocycles. The fourth-order valence-electron chi connectivity index (χ4n) is 1.78. The van der Waals surface area contributed by atoms with Crippen molar-refractivity contribution in [2.45, 2.75) is 70.8 Å². The van der Waals surface area contributed by atoms with E-state index in [4.69, 9.17) is 14.9 Å². The minimum atomic E-state index is -0.959. The quantitative estimate of drug-likeness (QED) is 0.310. The SMILES string of the molecule is CCC/C=C\CCCCCCCC(=O)OC[C@@H](O)CO. The zero-order valence-corrected chi connectivity index (χ0v) is 12.7. The van der Waals surface area contributed by atoms with Crippen LogP contribution in [0.15, 0.2) is 12.2 Å². The van der Waals surface area contributed by atoms with Crippen LogP contribution in [-0.4, -0.2) is 35.5 Å². The number of ether oxygens (including phenoxy) is 1. The molecule has 0 unspecified atom stereocenters. The van der Waals surface area contributed by atoms with Gasteiger partial charge in [0.1, 0.15) is 12.7 Å². The summed E-state index contributed by atoms with van der Waals surface area (Å²) < 4.78 is 4.82. The molecule has 0 aromatic heterocycles. The highest BCUT2D eigenvalue weighted by Gasteiger charge is 2.07. The van der Waals surface area contributed by atoms with Crippen LogP contribution in [0.25, 0.3) is 0 Å². The van der Waals surface area contributed by atoms with Crippen molar-refractivity contribution < 1.29 is 19.7 Å². The smallest absolute Gasteiger partial charge is 0.305 e. The molecule has 0 spiro atoms. The number of aliphatic hydroxyl groups excluding tert-OH is 2. The van der Waals surface area contributed by atoms with Crippen molar-refractivity contribution in [3.8, 4) is 0 Å². The monoisotopic (exact) mass is 286 g/mol. The van der Waals surface area contributed by atoms with Crippen LogP contribution in [0.2, 0.25) is 0 Å². The van der Waals surface area contributed by atoms with E-state index in [0.29, 0.717) is 6.42 Å². The highest BCUT2D eigenvalue weighted by Crippen LogP contribution is 2.08. The largest absolute Gasteiger partial charge is 0.463 e. The molecule has 20 heavy (non-hydrogen) atoms. The predicted octanol–water partition coefficient (Wildman–Crippen LogP) is 2.97. The van der Waals surface area contributed by atoms with Gasteiger partial charge in [0.2, 0.25) is 0 Å². The number of hydrogen-bond acceptors (Lipinski definition) is 4. The average molecular weight is 286 g/mol. The third-order valence-corrected chi connectivity index (χ3v) is 3.02. The Morgan fingerprint density at radius 1 is 1.10 bits per heavy atom. The molecule has 0 saturated carbocycles. The number of esters is 1. The minimum absolute atomic E-state index is 0.112. The average Bonchev–Trinajstić information content (AvgIpc) is 2.46. The molecule has 0 bridgehead atoms. The highest BCUT2D eigenvalue weighted by atomic mass is 16.5. The van der Waals surface area contributed by atoms with E-state index in [2.05, 4.69) is 19.1 Å². The van der Waals surface area contributed by atoms with Gasteiger partial charge in [-0.3, -0.25) is 4.79 Å². The van der Waals surface area contributed by atoms with Gasteiger partial charge in [0.05, 0.1) is 6.61 Å². The first-order chi connectivity index (χ1) is 9.70. The highest BCUT2D eigenvalue weighted by molar-refractivity contribution is 5.69.